The van der Waals surface area contributed by atoms with E-state index < -0.39 is 17.6 Å². The van der Waals surface area contributed by atoms with Crippen molar-refractivity contribution in [1.82, 2.24) is 5.32 Å². The Labute approximate surface area is 200 Å². The van der Waals surface area contributed by atoms with Gasteiger partial charge in [-0.2, -0.15) is 0 Å². The second kappa shape index (κ2) is 14.4. The molecule has 3 atom stereocenters. The molecule has 0 heterocycles. The molecule has 0 spiro atoms. The number of carbonyl (C=O) groups is 1. The molecule has 190 valence electrons. The standard InChI is InChI=1S/C26H46N2O5/c1-8-26(4,5)25(30)28-17-22(29)21(27)16-20(18(2)3)14-19-10-11-23(32-7)24(15-19)33-13-9-12-31-6/h10-11,15,18,20-22,29H,8-9,12-14,16-17,27H2,1-7H3,(H,28,30). The van der Waals surface area contributed by atoms with E-state index in [1.54, 1.807) is 14.2 Å². The van der Waals surface area contributed by atoms with Gasteiger partial charge in [0.25, 0.3) is 0 Å². The van der Waals surface area contributed by atoms with Crippen LogP contribution < -0.4 is 20.5 Å². The smallest absolute Gasteiger partial charge is 0.225 e. The molecule has 0 saturated heterocycles. The molecule has 0 aliphatic carbocycles. The first-order chi connectivity index (χ1) is 15.5. The van der Waals surface area contributed by atoms with Crippen molar-refractivity contribution in [3.05, 3.63) is 23.8 Å². The van der Waals surface area contributed by atoms with E-state index in [-0.39, 0.29) is 18.4 Å². The number of hydrogen-bond acceptors (Lipinski definition) is 6. The third-order valence-electron chi connectivity index (χ3n) is 6.46. The number of ether oxygens (including phenoxy) is 3. The Morgan fingerprint density at radius 1 is 1.18 bits per heavy atom. The average molecular weight is 467 g/mol. The molecule has 1 amide bonds. The predicted octanol–water partition coefficient (Wildman–Crippen LogP) is 3.56. The zero-order valence-corrected chi connectivity index (χ0v) is 21.6. The maximum absolute atomic E-state index is 12.3. The highest BCUT2D eigenvalue weighted by atomic mass is 16.5. The van der Waals surface area contributed by atoms with E-state index in [2.05, 4.69) is 19.2 Å². The second-order valence-corrected chi connectivity index (χ2v) is 9.80. The molecular formula is C26H46N2O5. The molecule has 1 rings (SSSR count). The second-order valence-electron chi connectivity index (χ2n) is 9.80. The van der Waals surface area contributed by atoms with Gasteiger partial charge in [0.05, 0.1) is 19.8 Å². The van der Waals surface area contributed by atoms with Gasteiger partial charge in [-0.15, -0.1) is 0 Å². The number of rotatable bonds is 16. The van der Waals surface area contributed by atoms with Gasteiger partial charge in [0.2, 0.25) is 5.91 Å². The number of benzene rings is 1. The highest BCUT2D eigenvalue weighted by Gasteiger charge is 2.27. The molecule has 3 unspecified atom stereocenters. The monoisotopic (exact) mass is 466 g/mol. The first-order valence-electron chi connectivity index (χ1n) is 12.1. The van der Waals surface area contributed by atoms with Crippen molar-refractivity contribution in [2.24, 2.45) is 23.0 Å². The van der Waals surface area contributed by atoms with Crippen molar-refractivity contribution in [2.75, 3.05) is 34.0 Å². The van der Waals surface area contributed by atoms with Gasteiger partial charge >= 0.3 is 0 Å². The predicted molar refractivity (Wildman–Crippen MR) is 133 cm³/mol. The first kappa shape index (κ1) is 29.2. The summed E-state index contributed by atoms with van der Waals surface area (Å²) >= 11 is 0. The summed E-state index contributed by atoms with van der Waals surface area (Å²) in [6.45, 7) is 11.5. The Kier molecular flexibility index (Phi) is 12.8. The fourth-order valence-electron chi connectivity index (χ4n) is 3.50. The Hall–Kier alpha value is -1.83. The Morgan fingerprint density at radius 3 is 2.45 bits per heavy atom. The summed E-state index contributed by atoms with van der Waals surface area (Å²) in [4.78, 5) is 12.3. The van der Waals surface area contributed by atoms with Gasteiger partial charge in [-0.25, -0.2) is 0 Å². The quantitative estimate of drug-likeness (QED) is 0.322. The van der Waals surface area contributed by atoms with Crippen molar-refractivity contribution in [3.63, 3.8) is 0 Å². The number of hydrogen-bond donors (Lipinski definition) is 3. The van der Waals surface area contributed by atoms with Crippen LogP contribution in [0.2, 0.25) is 0 Å². The molecule has 0 radical (unpaired) electrons. The zero-order chi connectivity index (χ0) is 25.0. The van der Waals surface area contributed by atoms with Crippen LogP contribution in [0.1, 0.15) is 59.4 Å². The average Bonchev–Trinajstić information content (AvgIpc) is 2.79. The Bertz CT molecular complexity index is 708. The van der Waals surface area contributed by atoms with Crippen LogP contribution in [0.5, 0.6) is 11.5 Å². The molecule has 7 nitrogen and oxygen atoms in total. The highest BCUT2D eigenvalue weighted by Crippen LogP contribution is 2.31. The third-order valence-corrected chi connectivity index (χ3v) is 6.46. The van der Waals surface area contributed by atoms with Gasteiger partial charge in [0, 0.05) is 38.1 Å². The number of nitrogens with two attached hydrogens (primary N) is 1. The molecule has 0 aliphatic rings. The fraction of sp³-hybridized carbons (Fsp3) is 0.731. The number of aliphatic hydroxyl groups is 1. The van der Waals surface area contributed by atoms with Crippen LogP contribution in [-0.4, -0.2) is 57.1 Å². The molecule has 0 saturated carbocycles. The van der Waals surface area contributed by atoms with Crippen molar-refractivity contribution in [1.29, 1.82) is 0 Å². The molecule has 33 heavy (non-hydrogen) atoms. The van der Waals surface area contributed by atoms with Crippen molar-refractivity contribution < 1.29 is 24.1 Å². The number of aliphatic hydroxyl groups excluding tert-OH is 1. The van der Waals surface area contributed by atoms with Crippen LogP contribution in [0, 0.1) is 17.3 Å². The van der Waals surface area contributed by atoms with Crippen molar-refractivity contribution in [3.8, 4) is 11.5 Å². The number of carbonyl (C=O) groups excluding carboxylic acids is 1. The third kappa shape index (κ3) is 9.90. The topological polar surface area (TPSA) is 103 Å². The van der Waals surface area contributed by atoms with Gasteiger partial charge in [0.1, 0.15) is 0 Å². The molecular weight excluding hydrogens is 420 g/mol. The van der Waals surface area contributed by atoms with Gasteiger partial charge < -0.3 is 30.4 Å². The van der Waals surface area contributed by atoms with Gasteiger partial charge in [-0.3, -0.25) is 4.79 Å². The van der Waals surface area contributed by atoms with Crippen LogP contribution in [0.4, 0.5) is 0 Å². The van der Waals surface area contributed by atoms with Gasteiger partial charge in [-0.05, 0) is 48.8 Å². The van der Waals surface area contributed by atoms with Crippen LogP contribution in [0.15, 0.2) is 18.2 Å². The summed E-state index contributed by atoms with van der Waals surface area (Å²) in [5, 5.41) is 13.4. The maximum atomic E-state index is 12.3. The summed E-state index contributed by atoms with van der Waals surface area (Å²) in [7, 11) is 3.31. The lowest BCUT2D eigenvalue weighted by molar-refractivity contribution is -0.130. The fourth-order valence-corrected chi connectivity index (χ4v) is 3.50. The molecule has 1 aromatic rings. The lowest BCUT2D eigenvalue weighted by Crippen LogP contribution is -2.47. The SMILES string of the molecule is CCC(C)(C)C(=O)NCC(O)C(N)CC(Cc1ccc(OC)c(OCCCOC)c1)C(C)C. The van der Waals surface area contributed by atoms with Gasteiger partial charge in [-0.1, -0.05) is 40.7 Å². The molecule has 1 aromatic carbocycles. The lowest BCUT2D eigenvalue weighted by Gasteiger charge is -2.28. The summed E-state index contributed by atoms with van der Waals surface area (Å²) in [5.74, 6) is 2.01. The van der Waals surface area contributed by atoms with E-state index in [0.29, 0.717) is 31.3 Å². The van der Waals surface area contributed by atoms with E-state index in [9.17, 15) is 9.90 Å². The summed E-state index contributed by atoms with van der Waals surface area (Å²) in [5.41, 5.74) is 7.03. The summed E-state index contributed by atoms with van der Waals surface area (Å²) in [6.07, 6.45) is 2.21. The van der Waals surface area contributed by atoms with E-state index >= 15 is 0 Å². The summed E-state index contributed by atoms with van der Waals surface area (Å²) < 4.78 is 16.4. The Balaban J connectivity index is 2.76. The number of methoxy groups -OCH3 is 2. The van der Waals surface area contributed by atoms with E-state index in [1.807, 2.05) is 39.0 Å². The van der Waals surface area contributed by atoms with Crippen molar-refractivity contribution in [2.45, 2.75) is 72.4 Å². The molecule has 4 N–H and O–H groups in total. The molecule has 7 heteroatoms. The van der Waals surface area contributed by atoms with Gasteiger partial charge in [0.15, 0.2) is 11.5 Å². The molecule has 0 aromatic heterocycles. The van der Waals surface area contributed by atoms with E-state index in [1.165, 1.54) is 0 Å². The maximum Gasteiger partial charge on any atom is 0.225 e. The highest BCUT2D eigenvalue weighted by molar-refractivity contribution is 5.81. The van der Waals surface area contributed by atoms with Crippen LogP contribution >= 0.6 is 0 Å². The minimum atomic E-state index is -0.793. The molecule has 0 fully saturated rings. The molecule has 0 aliphatic heterocycles. The number of amides is 1. The number of nitrogens with one attached hydrogen (secondary N) is 1. The van der Waals surface area contributed by atoms with Crippen molar-refractivity contribution >= 4 is 5.91 Å². The van der Waals surface area contributed by atoms with Crippen LogP contribution in [-0.2, 0) is 16.0 Å². The van der Waals surface area contributed by atoms with Crippen LogP contribution in [0.3, 0.4) is 0 Å². The summed E-state index contributed by atoms with van der Waals surface area (Å²) in [6, 6.07) is 5.57. The minimum absolute atomic E-state index is 0.0621. The van der Waals surface area contributed by atoms with E-state index in [4.69, 9.17) is 19.9 Å². The minimum Gasteiger partial charge on any atom is -0.493 e. The normalized spacial score (nSPS) is 14.6. The first-order valence-corrected chi connectivity index (χ1v) is 12.1. The zero-order valence-electron chi connectivity index (χ0n) is 21.6. The largest absolute Gasteiger partial charge is 0.493 e. The molecule has 0 bridgehead atoms. The van der Waals surface area contributed by atoms with E-state index in [0.717, 1.165) is 30.6 Å². The Morgan fingerprint density at radius 2 is 1.88 bits per heavy atom. The lowest BCUT2D eigenvalue weighted by atomic mass is 9.83. The van der Waals surface area contributed by atoms with Crippen LogP contribution in [0.25, 0.3) is 0 Å².